The molecule has 0 saturated carbocycles. The van der Waals surface area contributed by atoms with E-state index in [0.717, 1.165) is 10.6 Å². The van der Waals surface area contributed by atoms with Crippen LogP contribution in [0.15, 0.2) is 65.7 Å². The molecule has 126 valence electrons. The van der Waals surface area contributed by atoms with Crippen molar-refractivity contribution in [2.45, 2.75) is 10.8 Å². The van der Waals surface area contributed by atoms with Crippen LogP contribution in [-0.4, -0.2) is 16.1 Å². The van der Waals surface area contributed by atoms with Crippen molar-refractivity contribution in [3.05, 3.63) is 81.8 Å². The number of aromatic nitrogens is 2. The van der Waals surface area contributed by atoms with Gasteiger partial charge in [-0.15, -0.1) is 10.2 Å². The first-order chi connectivity index (χ1) is 12.1. The van der Waals surface area contributed by atoms with E-state index >= 15 is 0 Å². The first-order valence-electron chi connectivity index (χ1n) is 7.39. The number of amides is 1. The summed E-state index contributed by atoms with van der Waals surface area (Å²) in [6.07, 6.45) is 0. The second-order valence-corrected chi connectivity index (χ2v) is 6.92. The molecule has 7 heteroatoms. The minimum Gasteiger partial charge on any atom is -0.305 e. The van der Waals surface area contributed by atoms with Crippen LogP contribution in [0.5, 0.6) is 0 Å². The Morgan fingerprint density at radius 2 is 1.76 bits per heavy atom. The zero-order chi connectivity index (χ0) is 17.6. The number of hydrogen-bond donors (Lipinski definition) is 1. The van der Waals surface area contributed by atoms with Gasteiger partial charge in [0.2, 0.25) is 0 Å². The van der Waals surface area contributed by atoms with E-state index in [-0.39, 0.29) is 5.91 Å². The summed E-state index contributed by atoms with van der Waals surface area (Å²) >= 11 is 13.4. The van der Waals surface area contributed by atoms with Gasteiger partial charge in [-0.3, -0.25) is 4.79 Å². The lowest BCUT2D eigenvalue weighted by molar-refractivity contribution is 0.102. The fourth-order valence-electron chi connectivity index (χ4n) is 2.03. The second-order valence-electron chi connectivity index (χ2n) is 5.11. The quantitative estimate of drug-likeness (QED) is 0.599. The molecular formula is C18H13Cl2N3OS. The summed E-state index contributed by atoms with van der Waals surface area (Å²) in [5.74, 6) is 0.889. The highest BCUT2D eigenvalue weighted by Gasteiger charge is 2.07. The summed E-state index contributed by atoms with van der Waals surface area (Å²) in [4.78, 5) is 12.1. The van der Waals surface area contributed by atoms with Gasteiger partial charge < -0.3 is 5.32 Å². The number of nitrogens with one attached hydrogen (secondary N) is 1. The maximum atomic E-state index is 12.1. The topological polar surface area (TPSA) is 54.9 Å². The van der Waals surface area contributed by atoms with Crippen LogP contribution in [0.3, 0.4) is 0 Å². The van der Waals surface area contributed by atoms with Crippen molar-refractivity contribution < 1.29 is 4.79 Å². The number of hydrogen-bond acceptors (Lipinski definition) is 4. The molecule has 0 aliphatic rings. The summed E-state index contributed by atoms with van der Waals surface area (Å²) in [6, 6.07) is 18.0. The third-order valence-corrected chi connectivity index (χ3v) is 5.02. The molecule has 1 amide bonds. The lowest BCUT2D eigenvalue weighted by atomic mass is 10.2. The van der Waals surface area contributed by atoms with E-state index in [9.17, 15) is 4.79 Å². The van der Waals surface area contributed by atoms with Crippen LogP contribution < -0.4 is 5.32 Å². The van der Waals surface area contributed by atoms with Gasteiger partial charge in [0.25, 0.3) is 5.91 Å². The monoisotopic (exact) mass is 389 g/mol. The van der Waals surface area contributed by atoms with Crippen molar-refractivity contribution in [1.29, 1.82) is 0 Å². The van der Waals surface area contributed by atoms with Crippen LogP contribution in [0.25, 0.3) is 0 Å². The van der Waals surface area contributed by atoms with E-state index in [2.05, 4.69) is 15.5 Å². The molecule has 0 saturated heterocycles. The van der Waals surface area contributed by atoms with Crippen LogP contribution in [0.1, 0.15) is 15.9 Å². The fraction of sp³-hybridized carbons (Fsp3) is 0.0556. The summed E-state index contributed by atoms with van der Waals surface area (Å²) in [5, 5.41) is 12.7. The third-order valence-electron chi connectivity index (χ3n) is 3.29. The van der Waals surface area contributed by atoms with Crippen molar-refractivity contribution in [3.8, 4) is 0 Å². The highest BCUT2D eigenvalue weighted by molar-refractivity contribution is 7.98. The molecule has 1 aromatic heterocycles. The van der Waals surface area contributed by atoms with Crippen molar-refractivity contribution in [3.63, 3.8) is 0 Å². The number of carbonyl (C=O) groups excluding carboxylic acids is 1. The maximum absolute atomic E-state index is 12.1. The molecule has 2 aromatic carbocycles. The molecule has 3 aromatic rings. The minimum atomic E-state index is -0.217. The van der Waals surface area contributed by atoms with Gasteiger partial charge in [-0.2, -0.15) is 0 Å². The Balaban J connectivity index is 1.58. The Hall–Kier alpha value is -2.08. The molecule has 0 aliphatic heterocycles. The van der Waals surface area contributed by atoms with Crippen molar-refractivity contribution in [2.24, 2.45) is 0 Å². The number of rotatable bonds is 5. The SMILES string of the molecule is O=C(Nc1ccc(SCc2ccc(Cl)c(Cl)c2)nn1)c1ccccc1. The second kappa shape index (κ2) is 8.34. The zero-order valence-electron chi connectivity index (χ0n) is 12.9. The highest BCUT2D eigenvalue weighted by Crippen LogP contribution is 2.26. The number of benzene rings is 2. The Bertz CT molecular complexity index is 873. The number of thioether (sulfide) groups is 1. The smallest absolute Gasteiger partial charge is 0.256 e. The summed E-state index contributed by atoms with van der Waals surface area (Å²) in [6.45, 7) is 0. The van der Waals surface area contributed by atoms with Crippen LogP contribution >= 0.6 is 35.0 Å². The molecule has 0 bridgehead atoms. The van der Waals surface area contributed by atoms with Crippen LogP contribution in [-0.2, 0) is 5.75 Å². The van der Waals surface area contributed by atoms with Crippen molar-refractivity contribution in [1.82, 2.24) is 10.2 Å². The Morgan fingerprint density at radius 3 is 2.44 bits per heavy atom. The lowest BCUT2D eigenvalue weighted by Crippen LogP contribution is -2.13. The molecule has 0 radical (unpaired) electrons. The van der Waals surface area contributed by atoms with Gasteiger partial charge in [-0.05, 0) is 42.0 Å². The number of nitrogens with zero attached hydrogens (tertiary/aromatic N) is 2. The molecule has 1 heterocycles. The van der Waals surface area contributed by atoms with Gasteiger partial charge in [0, 0.05) is 11.3 Å². The normalized spacial score (nSPS) is 10.5. The Kier molecular flexibility index (Phi) is 5.91. The molecule has 0 fully saturated rings. The van der Waals surface area contributed by atoms with E-state index < -0.39 is 0 Å². The number of halogens is 2. The lowest BCUT2D eigenvalue weighted by Gasteiger charge is -2.05. The zero-order valence-corrected chi connectivity index (χ0v) is 15.3. The Labute approximate surface area is 159 Å². The van der Waals surface area contributed by atoms with Gasteiger partial charge in [-0.25, -0.2) is 0 Å². The minimum absolute atomic E-state index is 0.217. The van der Waals surface area contributed by atoms with Crippen molar-refractivity contribution in [2.75, 3.05) is 5.32 Å². The van der Waals surface area contributed by atoms with Gasteiger partial charge in [0.1, 0.15) is 5.03 Å². The molecule has 1 N–H and O–H groups in total. The van der Waals surface area contributed by atoms with Gasteiger partial charge >= 0.3 is 0 Å². The number of carbonyl (C=O) groups is 1. The summed E-state index contributed by atoms with van der Waals surface area (Å²) in [7, 11) is 0. The van der Waals surface area contributed by atoms with Gasteiger partial charge in [0.15, 0.2) is 5.82 Å². The highest BCUT2D eigenvalue weighted by atomic mass is 35.5. The van der Waals surface area contributed by atoms with E-state index in [1.807, 2.05) is 36.4 Å². The average Bonchev–Trinajstić information content (AvgIpc) is 2.64. The fourth-order valence-corrected chi connectivity index (χ4v) is 3.11. The predicted molar refractivity (Wildman–Crippen MR) is 102 cm³/mol. The first kappa shape index (κ1) is 17.7. The van der Waals surface area contributed by atoms with E-state index in [0.29, 0.717) is 27.2 Å². The van der Waals surface area contributed by atoms with Crippen molar-refractivity contribution >= 4 is 46.7 Å². The van der Waals surface area contributed by atoms with Gasteiger partial charge in [0.05, 0.1) is 10.0 Å². The van der Waals surface area contributed by atoms with E-state index in [1.54, 1.807) is 24.3 Å². The standard InChI is InChI=1S/C18H13Cl2N3OS/c19-14-7-6-12(10-15(14)20)11-25-17-9-8-16(22-23-17)21-18(24)13-4-2-1-3-5-13/h1-10H,11H2,(H,21,22,24). The van der Waals surface area contributed by atoms with E-state index in [4.69, 9.17) is 23.2 Å². The van der Waals surface area contributed by atoms with E-state index in [1.165, 1.54) is 11.8 Å². The average molecular weight is 390 g/mol. The predicted octanol–water partition coefficient (Wildman–Crippen LogP) is 5.33. The first-order valence-corrected chi connectivity index (χ1v) is 9.13. The summed E-state index contributed by atoms with van der Waals surface area (Å²) < 4.78 is 0. The molecular weight excluding hydrogens is 377 g/mol. The van der Waals surface area contributed by atoms with Crippen LogP contribution in [0, 0.1) is 0 Å². The molecule has 0 aliphatic carbocycles. The molecule has 0 spiro atoms. The van der Waals surface area contributed by atoms with Crippen LogP contribution in [0.4, 0.5) is 5.82 Å². The Morgan fingerprint density at radius 1 is 0.960 bits per heavy atom. The molecule has 0 unspecified atom stereocenters. The third kappa shape index (κ3) is 4.95. The molecule has 3 rings (SSSR count). The molecule has 25 heavy (non-hydrogen) atoms. The summed E-state index contributed by atoms with van der Waals surface area (Å²) in [5.41, 5.74) is 1.62. The number of anilines is 1. The largest absolute Gasteiger partial charge is 0.305 e. The molecule has 0 atom stereocenters. The maximum Gasteiger partial charge on any atom is 0.256 e. The van der Waals surface area contributed by atoms with Crippen LogP contribution in [0.2, 0.25) is 10.0 Å². The van der Waals surface area contributed by atoms with Gasteiger partial charge in [-0.1, -0.05) is 59.2 Å². The molecule has 4 nitrogen and oxygen atoms in total.